The highest BCUT2D eigenvalue weighted by Crippen LogP contribution is 2.32. The summed E-state index contributed by atoms with van der Waals surface area (Å²) in [5.41, 5.74) is 2.88. The summed E-state index contributed by atoms with van der Waals surface area (Å²) in [5, 5.41) is 5.37. The van der Waals surface area contributed by atoms with Crippen molar-refractivity contribution < 1.29 is 27.5 Å². The number of likely N-dealkylation sites (tertiary alicyclic amines) is 2. The molecule has 4 aromatic rings. The van der Waals surface area contributed by atoms with Gasteiger partial charge in [-0.05, 0) is 64.7 Å². The number of nitrogens with one attached hydrogen (secondary N) is 1. The van der Waals surface area contributed by atoms with Crippen molar-refractivity contribution in [3.63, 3.8) is 0 Å². The first-order valence-corrected chi connectivity index (χ1v) is 13.5. The van der Waals surface area contributed by atoms with Gasteiger partial charge in [0.05, 0.1) is 0 Å². The van der Waals surface area contributed by atoms with Crippen LogP contribution < -0.4 is 10.1 Å². The van der Waals surface area contributed by atoms with Crippen molar-refractivity contribution in [3.8, 4) is 16.9 Å². The zero-order chi connectivity index (χ0) is 28.6. The van der Waals surface area contributed by atoms with Crippen LogP contribution in [0.4, 0.5) is 13.2 Å². The maximum Gasteiger partial charge on any atom is 0.573 e. The minimum atomic E-state index is -4.74. The number of amides is 2. The van der Waals surface area contributed by atoms with E-state index in [1.54, 1.807) is 18.2 Å². The van der Waals surface area contributed by atoms with Crippen LogP contribution in [0.3, 0.4) is 0 Å². The second-order valence-corrected chi connectivity index (χ2v) is 10.5. The molecule has 2 heterocycles. The third-order valence-corrected chi connectivity index (χ3v) is 7.66. The highest BCUT2D eigenvalue weighted by molar-refractivity contribution is 6.03. The van der Waals surface area contributed by atoms with Gasteiger partial charge in [0.1, 0.15) is 5.75 Å². The lowest BCUT2D eigenvalue weighted by Crippen LogP contribution is -2.62. The van der Waals surface area contributed by atoms with Crippen LogP contribution in [0, 0.1) is 0 Å². The van der Waals surface area contributed by atoms with Crippen molar-refractivity contribution in [1.29, 1.82) is 0 Å². The van der Waals surface area contributed by atoms with Gasteiger partial charge in [-0.1, -0.05) is 54.6 Å². The summed E-state index contributed by atoms with van der Waals surface area (Å²) < 4.78 is 41.5. The number of fused-ring (bicyclic) bond motifs is 1. The molecule has 0 unspecified atom stereocenters. The molecule has 0 radical (unpaired) electrons. The van der Waals surface area contributed by atoms with Gasteiger partial charge in [-0.3, -0.25) is 9.59 Å². The monoisotopic (exact) mass is 559 g/mol. The van der Waals surface area contributed by atoms with Gasteiger partial charge in [-0.15, -0.1) is 13.2 Å². The maximum absolute atomic E-state index is 13.2. The van der Waals surface area contributed by atoms with Gasteiger partial charge in [0.2, 0.25) is 0 Å². The van der Waals surface area contributed by atoms with Crippen LogP contribution in [-0.2, 0) is 0 Å². The minimum absolute atomic E-state index is 0.0451. The SMILES string of the molecule is O=C(c1ccc2c(-c3ccc(OC(F)(F)F)cc3)cccc2c1)N1CC(N[C@H]2CCN(C(=O)c3ccccc3)C2)C1. The van der Waals surface area contributed by atoms with Gasteiger partial charge in [0.25, 0.3) is 11.8 Å². The van der Waals surface area contributed by atoms with Gasteiger partial charge in [0.15, 0.2) is 0 Å². The van der Waals surface area contributed by atoms with E-state index in [1.807, 2.05) is 70.5 Å². The molecule has 6 rings (SSSR count). The van der Waals surface area contributed by atoms with Crippen LogP contribution in [0.15, 0.2) is 91.0 Å². The van der Waals surface area contributed by atoms with Crippen molar-refractivity contribution in [2.24, 2.45) is 0 Å². The van der Waals surface area contributed by atoms with E-state index >= 15 is 0 Å². The van der Waals surface area contributed by atoms with E-state index in [1.165, 1.54) is 12.1 Å². The number of hydrogen-bond donors (Lipinski definition) is 1. The fourth-order valence-electron chi connectivity index (χ4n) is 5.61. The molecule has 0 spiro atoms. The quantitative estimate of drug-likeness (QED) is 0.328. The fourth-order valence-corrected chi connectivity index (χ4v) is 5.61. The van der Waals surface area contributed by atoms with Crippen LogP contribution in [-0.4, -0.2) is 66.2 Å². The van der Waals surface area contributed by atoms with Gasteiger partial charge in [-0.2, -0.15) is 0 Å². The Hall–Kier alpha value is -4.37. The second-order valence-electron chi connectivity index (χ2n) is 10.5. The summed E-state index contributed by atoms with van der Waals surface area (Å²) in [4.78, 5) is 29.6. The van der Waals surface area contributed by atoms with Gasteiger partial charge in [-0.25, -0.2) is 0 Å². The molecule has 6 nitrogen and oxygen atoms in total. The predicted molar refractivity (Wildman–Crippen MR) is 150 cm³/mol. The molecule has 9 heteroatoms. The number of ether oxygens (including phenoxy) is 1. The molecule has 2 fully saturated rings. The standard InChI is InChI=1S/C32H28F3N3O3/c33-32(34,35)41-27-12-9-21(10-13-27)28-8-4-7-23-17-24(11-14-29(23)28)31(40)38-19-26(20-38)36-25-15-16-37(18-25)30(39)22-5-2-1-3-6-22/h1-14,17,25-26,36H,15-16,18-20H2/t25-/m0/s1. The Bertz CT molecular complexity index is 1570. The Morgan fingerprint density at radius 1 is 0.756 bits per heavy atom. The molecule has 1 atom stereocenters. The number of benzene rings is 4. The Morgan fingerprint density at radius 3 is 2.20 bits per heavy atom. The van der Waals surface area contributed by atoms with Gasteiger partial charge < -0.3 is 19.9 Å². The summed E-state index contributed by atoms with van der Waals surface area (Å²) in [6.07, 6.45) is -3.86. The molecule has 0 aromatic heterocycles. The van der Waals surface area contributed by atoms with Crippen LogP contribution in [0.5, 0.6) is 5.75 Å². The molecule has 2 saturated heterocycles. The van der Waals surface area contributed by atoms with E-state index in [-0.39, 0.29) is 29.6 Å². The molecular weight excluding hydrogens is 531 g/mol. The van der Waals surface area contributed by atoms with E-state index < -0.39 is 6.36 Å². The van der Waals surface area contributed by atoms with E-state index in [4.69, 9.17) is 0 Å². The Morgan fingerprint density at radius 2 is 1.46 bits per heavy atom. The average molecular weight is 560 g/mol. The molecular formula is C32H28F3N3O3. The zero-order valence-corrected chi connectivity index (χ0v) is 22.1. The number of nitrogens with zero attached hydrogens (tertiary/aromatic N) is 2. The normalized spacial score (nSPS) is 17.5. The number of rotatable bonds is 6. The van der Waals surface area contributed by atoms with E-state index in [2.05, 4.69) is 10.1 Å². The Kier molecular flexibility index (Phi) is 7.13. The summed E-state index contributed by atoms with van der Waals surface area (Å²) >= 11 is 0. The first-order chi connectivity index (χ1) is 19.7. The van der Waals surface area contributed by atoms with Crippen LogP contribution in [0.25, 0.3) is 21.9 Å². The molecule has 2 amide bonds. The van der Waals surface area contributed by atoms with Gasteiger partial charge >= 0.3 is 6.36 Å². The summed E-state index contributed by atoms with van der Waals surface area (Å²) in [5.74, 6) is -0.272. The highest BCUT2D eigenvalue weighted by Gasteiger charge is 2.35. The first kappa shape index (κ1) is 26.8. The lowest BCUT2D eigenvalue weighted by molar-refractivity contribution is -0.274. The molecule has 0 bridgehead atoms. The number of alkyl halides is 3. The molecule has 1 N–H and O–H groups in total. The van der Waals surface area contributed by atoms with Crippen LogP contribution >= 0.6 is 0 Å². The highest BCUT2D eigenvalue weighted by atomic mass is 19.4. The first-order valence-electron chi connectivity index (χ1n) is 13.5. The fraction of sp³-hybridized carbons (Fsp3) is 0.250. The van der Waals surface area contributed by atoms with Crippen molar-refractivity contribution in [1.82, 2.24) is 15.1 Å². The van der Waals surface area contributed by atoms with Crippen LogP contribution in [0.1, 0.15) is 27.1 Å². The lowest BCUT2D eigenvalue weighted by Gasteiger charge is -2.41. The van der Waals surface area contributed by atoms with Crippen molar-refractivity contribution in [2.45, 2.75) is 24.9 Å². The Labute approximate surface area is 235 Å². The number of hydrogen-bond acceptors (Lipinski definition) is 4. The molecule has 2 aliphatic heterocycles. The van der Waals surface area contributed by atoms with Crippen molar-refractivity contribution in [2.75, 3.05) is 26.2 Å². The van der Waals surface area contributed by atoms with E-state index in [9.17, 15) is 22.8 Å². The van der Waals surface area contributed by atoms with E-state index in [0.29, 0.717) is 37.3 Å². The average Bonchev–Trinajstić information content (AvgIpc) is 3.42. The van der Waals surface area contributed by atoms with E-state index in [0.717, 1.165) is 28.3 Å². The predicted octanol–water partition coefficient (Wildman–Crippen LogP) is 5.73. The summed E-state index contributed by atoms with van der Waals surface area (Å²) in [6.45, 7) is 2.58. The van der Waals surface area contributed by atoms with Gasteiger partial charge in [0, 0.05) is 49.4 Å². The molecule has 4 aromatic carbocycles. The third-order valence-electron chi connectivity index (χ3n) is 7.66. The maximum atomic E-state index is 13.2. The molecule has 0 saturated carbocycles. The largest absolute Gasteiger partial charge is 0.573 e. The minimum Gasteiger partial charge on any atom is -0.406 e. The number of carbonyl (C=O) groups excluding carboxylic acids is 2. The molecule has 41 heavy (non-hydrogen) atoms. The summed E-state index contributed by atoms with van der Waals surface area (Å²) in [6, 6.07) is 26.6. The topological polar surface area (TPSA) is 61.9 Å². The smallest absolute Gasteiger partial charge is 0.406 e. The van der Waals surface area contributed by atoms with Crippen molar-refractivity contribution >= 4 is 22.6 Å². The Balaban J connectivity index is 1.06. The van der Waals surface area contributed by atoms with Crippen molar-refractivity contribution in [3.05, 3.63) is 102 Å². The summed E-state index contributed by atoms with van der Waals surface area (Å²) in [7, 11) is 0. The molecule has 0 aliphatic carbocycles. The molecule has 2 aliphatic rings. The number of halogens is 3. The lowest BCUT2D eigenvalue weighted by atomic mass is 9.96. The third kappa shape index (κ3) is 5.90. The second kappa shape index (κ2) is 10.9. The zero-order valence-electron chi connectivity index (χ0n) is 22.1. The number of carbonyl (C=O) groups is 2. The molecule has 210 valence electrons. The van der Waals surface area contributed by atoms with Crippen LogP contribution in [0.2, 0.25) is 0 Å².